The van der Waals surface area contributed by atoms with Gasteiger partial charge in [0.2, 0.25) is 5.91 Å². The quantitative estimate of drug-likeness (QED) is 0.481. The van der Waals surface area contributed by atoms with Crippen LogP contribution in [-0.2, 0) is 21.0 Å². The van der Waals surface area contributed by atoms with Gasteiger partial charge in [-0.3, -0.25) is 14.3 Å². The van der Waals surface area contributed by atoms with E-state index in [0.29, 0.717) is 6.07 Å². The van der Waals surface area contributed by atoms with Gasteiger partial charge < -0.3 is 10.6 Å². The number of carbonyl (C=O) groups excluding carboxylic acids is 2. The number of hydrogen-bond donors (Lipinski definition) is 3. The largest absolute Gasteiger partial charge is 0.416 e. The molecule has 1 fully saturated rings. The van der Waals surface area contributed by atoms with Crippen LogP contribution >= 0.6 is 0 Å². The summed E-state index contributed by atoms with van der Waals surface area (Å²) >= 11 is 0. The first-order valence-corrected chi connectivity index (χ1v) is 12.4. The lowest BCUT2D eigenvalue weighted by Crippen LogP contribution is -2.38. The van der Waals surface area contributed by atoms with Gasteiger partial charge >= 0.3 is 6.18 Å². The summed E-state index contributed by atoms with van der Waals surface area (Å²) in [6.07, 6.45) is 0.425. The first-order chi connectivity index (χ1) is 16.1. The van der Waals surface area contributed by atoms with Crippen molar-refractivity contribution in [1.82, 2.24) is 10.6 Å². The molecule has 0 radical (unpaired) electrons. The molecule has 0 saturated heterocycles. The summed E-state index contributed by atoms with van der Waals surface area (Å²) in [4.78, 5) is 24.2. The highest BCUT2D eigenvalue weighted by Gasteiger charge is 2.30. The third-order valence-corrected chi connectivity index (χ3v) is 6.95. The van der Waals surface area contributed by atoms with Crippen LogP contribution in [0.15, 0.2) is 53.4 Å². The molecule has 1 aliphatic carbocycles. The number of amides is 2. The van der Waals surface area contributed by atoms with Gasteiger partial charge in [0.25, 0.3) is 15.9 Å². The van der Waals surface area contributed by atoms with Crippen LogP contribution < -0.4 is 15.4 Å². The summed E-state index contributed by atoms with van der Waals surface area (Å²) in [6, 6.07) is 8.84. The van der Waals surface area contributed by atoms with E-state index in [1.54, 1.807) is 0 Å². The number of hydrogen-bond acceptors (Lipinski definition) is 4. The molecular weight excluding hydrogens is 471 g/mol. The number of rotatable bonds is 8. The highest BCUT2D eigenvalue weighted by Crippen LogP contribution is 2.31. The Balaban J connectivity index is 1.52. The molecule has 2 aromatic rings. The number of carbonyl (C=O) groups is 2. The summed E-state index contributed by atoms with van der Waals surface area (Å²) < 4.78 is 65.7. The van der Waals surface area contributed by atoms with Crippen molar-refractivity contribution in [1.29, 1.82) is 0 Å². The van der Waals surface area contributed by atoms with E-state index in [1.165, 1.54) is 30.3 Å². The van der Waals surface area contributed by atoms with Crippen LogP contribution in [0.2, 0.25) is 0 Å². The normalized spacial score (nSPS) is 14.9. The van der Waals surface area contributed by atoms with Gasteiger partial charge in [0.05, 0.1) is 10.5 Å². The van der Waals surface area contributed by atoms with E-state index in [9.17, 15) is 31.2 Å². The molecule has 0 spiro atoms. The summed E-state index contributed by atoms with van der Waals surface area (Å²) in [5.41, 5.74) is -1.00. The lowest BCUT2D eigenvalue weighted by atomic mass is 9.89. The van der Waals surface area contributed by atoms with Crippen LogP contribution in [-0.4, -0.2) is 33.3 Å². The third-order valence-electron chi connectivity index (χ3n) is 5.55. The van der Waals surface area contributed by atoms with E-state index < -0.39 is 27.7 Å². The second-order valence-corrected chi connectivity index (χ2v) is 9.77. The standard InChI is InChI=1S/C23H26F3N3O4S/c24-23(25,26)18-7-4-8-19(15-18)29-34(32,33)20-11-9-17(10-12-20)22(31)28-14-13-27-21(30)16-5-2-1-3-6-16/h4,7-12,15-16,29H,1-3,5-6,13-14H2,(H,27,30)(H,28,31). The predicted octanol–water partition coefficient (Wildman–Crippen LogP) is 3.93. The zero-order valence-corrected chi connectivity index (χ0v) is 19.1. The molecule has 0 atom stereocenters. The maximum atomic E-state index is 12.8. The Labute approximate surface area is 196 Å². The number of nitrogens with one attached hydrogen (secondary N) is 3. The van der Waals surface area contributed by atoms with E-state index in [1.807, 2.05) is 0 Å². The second kappa shape index (κ2) is 10.9. The lowest BCUT2D eigenvalue weighted by Gasteiger charge is -2.20. The molecule has 0 unspecified atom stereocenters. The zero-order valence-electron chi connectivity index (χ0n) is 18.3. The van der Waals surface area contributed by atoms with Gasteiger partial charge in [-0.25, -0.2) is 8.42 Å². The molecular formula is C23H26F3N3O4S. The molecule has 1 saturated carbocycles. The van der Waals surface area contributed by atoms with Gasteiger partial charge in [0, 0.05) is 30.3 Å². The van der Waals surface area contributed by atoms with Crippen molar-refractivity contribution in [2.24, 2.45) is 5.92 Å². The highest BCUT2D eigenvalue weighted by atomic mass is 32.2. The van der Waals surface area contributed by atoms with Gasteiger partial charge in [-0.15, -0.1) is 0 Å². The van der Waals surface area contributed by atoms with Crippen LogP contribution in [0.25, 0.3) is 0 Å². The van der Waals surface area contributed by atoms with Crippen LogP contribution in [0.1, 0.15) is 48.0 Å². The van der Waals surface area contributed by atoms with E-state index in [0.717, 1.165) is 44.2 Å². The van der Waals surface area contributed by atoms with Crippen LogP contribution in [0.3, 0.4) is 0 Å². The predicted molar refractivity (Wildman–Crippen MR) is 121 cm³/mol. The molecule has 2 aromatic carbocycles. The van der Waals surface area contributed by atoms with Crippen molar-refractivity contribution in [3.8, 4) is 0 Å². The SMILES string of the molecule is O=C(NCCNC(=O)C1CCCCC1)c1ccc(S(=O)(=O)Nc2cccc(C(F)(F)F)c2)cc1. The maximum Gasteiger partial charge on any atom is 0.416 e. The molecule has 0 heterocycles. The molecule has 0 aromatic heterocycles. The number of anilines is 1. The molecule has 3 N–H and O–H groups in total. The molecule has 1 aliphatic rings. The minimum absolute atomic E-state index is 0.00298. The molecule has 3 rings (SSSR count). The number of halogens is 3. The lowest BCUT2D eigenvalue weighted by molar-refractivity contribution is -0.137. The molecule has 11 heteroatoms. The molecule has 0 bridgehead atoms. The van der Waals surface area contributed by atoms with Crippen LogP contribution in [0, 0.1) is 5.92 Å². The fourth-order valence-corrected chi connectivity index (χ4v) is 4.78. The van der Waals surface area contributed by atoms with Crippen molar-refractivity contribution in [3.63, 3.8) is 0 Å². The van der Waals surface area contributed by atoms with Crippen molar-refractivity contribution < 1.29 is 31.2 Å². The number of benzene rings is 2. The Morgan fingerprint density at radius 1 is 0.912 bits per heavy atom. The Kier molecular flexibility index (Phi) is 8.19. The Bertz CT molecular complexity index is 1110. The summed E-state index contributed by atoms with van der Waals surface area (Å²) in [7, 11) is -4.16. The van der Waals surface area contributed by atoms with Crippen molar-refractivity contribution in [3.05, 3.63) is 59.7 Å². The molecule has 184 valence electrons. The maximum absolute atomic E-state index is 12.8. The van der Waals surface area contributed by atoms with Crippen LogP contribution in [0.4, 0.5) is 18.9 Å². The summed E-state index contributed by atoms with van der Waals surface area (Å²) in [6.45, 7) is 0.503. The van der Waals surface area contributed by atoms with E-state index in [2.05, 4.69) is 15.4 Å². The van der Waals surface area contributed by atoms with E-state index >= 15 is 0 Å². The number of alkyl halides is 3. The van der Waals surface area contributed by atoms with E-state index in [4.69, 9.17) is 0 Å². The van der Waals surface area contributed by atoms with Gasteiger partial charge in [0.15, 0.2) is 0 Å². The minimum Gasteiger partial charge on any atom is -0.354 e. The molecule has 34 heavy (non-hydrogen) atoms. The van der Waals surface area contributed by atoms with Gasteiger partial charge in [-0.05, 0) is 55.3 Å². The van der Waals surface area contributed by atoms with Crippen molar-refractivity contribution >= 4 is 27.5 Å². The monoisotopic (exact) mass is 497 g/mol. The second-order valence-electron chi connectivity index (χ2n) is 8.09. The smallest absolute Gasteiger partial charge is 0.354 e. The topological polar surface area (TPSA) is 104 Å². The molecule has 2 amide bonds. The van der Waals surface area contributed by atoms with Crippen molar-refractivity contribution in [2.45, 2.75) is 43.2 Å². The first kappa shape index (κ1) is 25.5. The first-order valence-electron chi connectivity index (χ1n) is 10.9. The van der Waals surface area contributed by atoms with E-state index in [-0.39, 0.29) is 41.1 Å². The summed E-state index contributed by atoms with van der Waals surface area (Å²) in [5, 5.41) is 5.46. The fraction of sp³-hybridized carbons (Fsp3) is 0.391. The number of sulfonamides is 1. The average Bonchev–Trinajstić information content (AvgIpc) is 2.81. The third kappa shape index (κ3) is 6.96. The van der Waals surface area contributed by atoms with Crippen molar-refractivity contribution in [2.75, 3.05) is 17.8 Å². The average molecular weight is 498 g/mol. The molecule has 0 aliphatic heterocycles. The Morgan fingerprint density at radius 3 is 2.21 bits per heavy atom. The summed E-state index contributed by atoms with van der Waals surface area (Å²) in [5.74, 6) is -0.415. The highest BCUT2D eigenvalue weighted by molar-refractivity contribution is 7.92. The van der Waals surface area contributed by atoms with Gasteiger partial charge in [0.1, 0.15) is 0 Å². The molecule has 7 nitrogen and oxygen atoms in total. The van der Waals surface area contributed by atoms with Crippen LogP contribution in [0.5, 0.6) is 0 Å². The fourth-order valence-electron chi connectivity index (χ4n) is 3.73. The van der Waals surface area contributed by atoms with Gasteiger partial charge in [-0.1, -0.05) is 25.3 Å². The Morgan fingerprint density at radius 2 is 1.56 bits per heavy atom. The Hall–Kier alpha value is -3.08. The zero-order chi connectivity index (χ0) is 24.8. The minimum atomic E-state index is -4.60. The van der Waals surface area contributed by atoms with Gasteiger partial charge in [-0.2, -0.15) is 13.2 Å².